The number of furan rings is 1. The van der Waals surface area contributed by atoms with E-state index < -0.39 is 0 Å². The van der Waals surface area contributed by atoms with Gasteiger partial charge in [-0.05, 0) is 56.0 Å². The van der Waals surface area contributed by atoms with Crippen LogP contribution in [0.2, 0.25) is 0 Å². The number of aryl methyl sites for hydroxylation is 1. The lowest BCUT2D eigenvalue weighted by Gasteiger charge is -2.02. The molecule has 2 heterocycles. The SMILES string of the molecule is C=CC/C=C/C/C=C/COc1ccc2cc(-c3ccc(CCCCC)s3)oc2c1. The summed E-state index contributed by atoms with van der Waals surface area (Å²) in [5.41, 5.74) is 0.870. The summed E-state index contributed by atoms with van der Waals surface area (Å²) in [5.74, 6) is 1.77. The molecule has 3 heteroatoms. The molecule has 3 rings (SSSR count). The van der Waals surface area contributed by atoms with Gasteiger partial charge < -0.3 is 9.15 Å². The third-order valence-electron chi connectivity index (χ3n) is 4.68. The summed E-state index contributed by atoms with van der Waals surface area (Å²) in [7, 11) is 0. The normalized spacial score (nSPS) is 11.8. The summed E-state index contributed by atoms with van der Waals surface area (Å²) in [6, 6.07) is 12.6. The second kappa shape index (κ2) is 11.5. The number of hydrogen-bond donors (Lipinski definition) is 0. The molecule has 0 aliphatic heterocycles. The lowest BCUT2D eigenvalue weighted by molar-refractivity contribution is 0.362. The number of unbranched alkanes of at least 4 members (excludes halogenated alkanes) is 2. The summed E-state index contributed by atoms with van der Waals surface area (Å²) in [4.78, 5) is 2.63. The minimum Gasteiger partial charge on any atom is -0.489 e. The van der Waals surface area contributed by atoms with Crippen molar-refractivity contribution < 1.29 is 9.15 Å². The van der Waals surface area contributed by atoms with Gasteiger partial charge in [-0.3, -0.25) is 0 Å². The van der Waals surface area contributed by atoms with Crippen molar-refractivity contribution in [2.45, 2.75) is 45.4 Å². The zero-order chi connectivity index (χ0) is 20.3. The van der Waals surface area contributed by atoms with E-state index in [1.54, 1.807) is 0 Å². The molecule has 0 fully saturated rings. The van der Waals surface area contributed by atoms with E-state index >= 15 is 0 Å². The molecular formula is C26H30O2S. The molecule has 152 valence electrons. The lowest BCUT2D eigenvalue weighted by atomic mass is 10.2. The zero-order valence-corrected chi connectivity index (χ0v) is 18.0. The third kappa shape index (κ3) is 6.50. The Balaban J connectivity index is 1.57. The molecule has 0 amide bonds. The fraction of sp³-hybridized carbons (Fsp3) is 0.308. The highest BCUT2D eigenvalue weighted by molar-refractivity contribution is 7.15. The van der Waals surface area contributed by atoms with Crippen molar-refractivity contribution in [3.63, 3.8) is 0 Å². The van der Waals surface area contributed by atoms with E-state index in [0.29, 0.717) is 6.61 Å². The first-order valence-electron chi connectivity index (χ1n) is 10.5. The molecule has 0 unspecified atom stereocenters. The van der Waals surface area contributed by atoms with Gasteiger partial charge in [0.2, 0.25) is 0 Å². The van der Waals surface area contributed by atoms with Gasteiger partial charge in [-0.1, -0.05) is 50.1 Å². The molecule has 0 spiro atoms. The first-order chi connectivity index (χ1) is 14.3. The van der Waals surface area contributed by atoms with Crippen LogP contribution in [0.4, 0.5) is 0 Å². The molecule has 2 aromatic heterocycles. The highest BCUT2D eigenvalue weighted by Crippen LogP contribution is 2.34. The number of thiophene rings is 1. The molecular weight excluding hydrogens is 376 g/mol. The van der Waals surface area contributed by atoms with Gasteiger partial charge in [0.15, 0.2) is 0 Å². The number of benzene rings is 1. The van der Waals surface area contributed by atoms with E-state index in [4.69, 9.17) is 9.15 Å². The number of ether oxygens (including phenoxy) is 1. The molecule has 0 atom stereocenters. The molecule has 0 aliphatic carbocycles. The predicted octanol–water partition coefficient (Wildman–Crippen LogP) is 8.35. The third-order valence-corrected chi connectivity index (χ3v) is 5.84. The van der Waals surface area contributed by atoms with Crippen molar-refractivity contribution in [3.8, 4) is 16.4 Å². The average Bonchev–Trinajstić information content (AvgIpc) is 3.36. The summed E-state index contributed by atoms with van der Waals surface area (Å²) in [6.45, 7) is 6.50. The average molecular weight is 407 g/mol. The van der Waals surface area contributed by atoms with E-state index in [9.17, 15) is 0 Å². The van der Waals surface area contributed by atoms with Gasteiger partial charge in [-0.2, -0.15) is 0 Å². The second-order valence-electron chi connectivity index (χ2n) is 7.05. The van der Waals surface area contributed by atoms with Crippen LogP contribution < -0.4 is 4.74 Å². The minimum absolute atomic E-state index is 0.556. The van der Waals surface area contributed by atoms with Crippen molar-refractivity contribution >= 4 is 22.3 Å². The first-order valence-corrected chi connectivity index (χ1v) is 11.3. The van der Waals surface area contributed by atoms with E-state index in [2.05, 4.69) is 56.0 Å². The minimum atomic E-state index is 0.556. The largest absolute Gasteiger partial charge is 0.489 e. The van der Waals surface area contributed by atoms with Crippen molar-refractivity contribution in [1.82, 2.24) is 0 Å². The lowest BCUT2D eigenvalue weighted by Crippen LogP contribution is -1.92. The molecule has 0 bridgehead atoms. The van der Waals surface area contributed by atoms with Crippen molar-refractivity contribution in [3.05, 3.63) is 78.2 Å². The second-order valence-corrected chi connectivity index (χ2v) is 8.22. The molecule has 0 radical (unpaired) electrons. The fourth-order valence-electron chi connectivity index (χ4n) is 3.09. The van der Waals surface area contributed by atoms with E-state index in [-0.39, 0.29) is 0 Å². The quantitative estimate of drug-likeness (QED) is 0.223. The van der Waals surface area contributed by atoms with Crippen LogP contribution in [0, 0.1) is 0 Å². The Morgan fingerprint density at radius 1 is 1.00 bits per heavy atom. The fourth-order valence-corrected chi connectivity index (χ4v) is 4.09. The van der Waals surface area contributed by atoms with E-state index in [1.165, 1.54) is 29.0 Å². The molecule has 0 saturated heterocycles. The van der Waals surface area contributed by atoms with Gasteiger partial charge in [0.05, 0.1) is 4.88 Å². The predicted molar refractivity (Wildman–Crippen MR) is 126 cm³/mol. The van der Waals surface area contributed by atoms with E-state index in [0.717, 1.165) is 41.7 Å². The molecule has 29 heavy (non-hydrogen) atoms. The molecule has 3 aromatic rings. The van der Waals surface area contributed by atoms with Crippen LogP contribution in [0.15, 0.2) is 77.8 Å². The van der Waals surface area contributed by atoms with Crippen LogP contribution in [0.3, 0.4) is 0 Å². The Kier molecular flexibility index (Phi) is 8.39. The van der Waals surface area contributed by atoms with Gasteiger partial charge >= 0.3 is 0 Å². The molecule has 0 N–H and O–H groups in total. The summed E-state index contributed by atoms with van der Waals surface area (Å²) < 4.78 is 11.9. The number of rotatable bonds is 12. The summed E-state index contributed by atoms with van der Waals surface area (Å²) in [5, 5.41) is 1.11. The van der Waals surface area contributed by atoms with Crippen molar-refractivity contribution in [2.24, 2.45) is 0 Å². The van der Waals surface area contributed by atoms with Gasteiger partial charge in [0, 0.05) is 16.3 Å². The van der Waals surface area contributed by atoms with Crippen LogP contribution in [0.25, 0.3) is 21.6 Å². The van der Waals surface area contributed by atoms with Crippen molar-refractivity contribution in [2.75, 3.05) is 6.61 Å². The highest BCUT2D eigenvalue weighted by Gasteiger charge is 2.10. The first kappa shape index (κ1) is 21.2. The van der Waals surface area contributed by atoms with Crippen LogP contribution in [0.1, 0.15) is 43.9 Å². The standard InChI is InChI=1S/C26H30O2S/c1-3-5-7-8-9-10-12-18-27-22-15-14-21-19-25(28-24(21)20-22)26-17-16-23(29-26)13-11-6-4-2/h3,7-8,10,12,14-17,19-20H,1,4-6,9,11,13,18H2,2H3/b8-7+,12-10+. The Morgan fingerprint density at radius 2 is 1.86 bits per heavy atom. The van der Waals surface area contributed by atoms with Crippen LogP contribution >= 0.6 is 11.3 Å². The number of fused-ring (bicyclic) bond motifs is 1. The van der Waals surface area contributed by atoms with Gasteiger partial charge in [0.25, 0.3) is 0 Å². The van der Waals surface area contributed by atoms with Crippen LogP contribution in [0.5, 0.6) is 5.75 Å². The van der Waals surface area contributed by atoms with Crippen molar-refractivity contribution in [1.29, 1.82) is 0 Å². The maximum absolute atomic E-state index is 6.11. The number of hydrogen-bond acceptors (Lipinski definition) is 3. The van der Waals surface area contributed by atoms with Gasteiger partial charge in [-0.25, -0.2) is 0 Å². The molecule has 2 nitrogen and oxygen atoms in total. The van der Waals surface area contributed by atoms with Crippen LogP contribution in [-0.2, 0) is 6.42 Å². The van der Waals surface area contributed by atoms with Gasteiger partial charge in [-0.15, -0.1) is 17.9 Å². The monoisotopic (exact) mass is 406 g/mol. The maximum atomic E-state index is 6.11. The summed E-state index contributed by atoms with van der Waals surface area (Å²) in [6.07, 6.45) is 17.1. The van der Waals surface area contributed by atoms with Crippen LogP contribution in [-0.4, -0.2) is 6.61 Å². The Bertz CT molecular complexity index is 958. The molecule has 0 saturated carbocycles. The Morgan fingerprint density at radius 3 is 2.72 bits per heavy atom. The maximum Gasteiger partial charge on any atom is 0.145 e. The topological polar surface area (TPSA) is 22.4 Å². The number of allylic oxidation sites excluding steroid dienone is 4. The highest BCUT2D eigenvalue weighted by atomic mass is 32.1. The molecule has 1 aromatic carbocycles. The van der Waals surface area contributed by atoms with E-state index in [1.807, 2.05) is 35.6 Å². The van der Waals surface area contributed by atoms with Gasteiger partial charge in [0.1, 0.15) is 23.7 Å². The molecule has 0 aliphatic rings. The summed E-state index contributed by atoms with van der Waals surface area (Å²) >= 11 is 1.84. The smallest absolute Gasteiger partial charge is 0.145 e. The Labute approximate surface area is 178 Å². The zero-order valence-electron chi connectivity index (χ0n) is 17.2. The Hall–Kier alpha value is -2.52.